The predicted octanol–water partition coefficient (Wildman–Crippen LogP) is 0.811. The second kappa shape index (κ2) is 6.40. The summed E-state index contributed by atoms with van der Waals surface area (Å²) >= 11 is 0. The highest BCUT2D eigenvalue weighted by atomic mass is 16.3. The van der Waals surface area contributed by atoms with E-state index in [1.807, 2.05) is 32.4 Å². The van der Waals surface area contributed by atoms with E-state index in [0.29, 0.717) is 13.1 Å². The highest BCUT2D eigenvalue weighted by molar-refractivity contribution is 5.06. The largest absolute Gasteiger partial charge is 0.395 e. The molecule has 0 radical (unpaired) electrons. The van der Waals surface area contributed by atoms with Crippen LogP contribution in [0.5, 0.6) is 0 Å². The molecule has 0 saturated carbocycles. The maximum Gasteiger partial charge on any atom is 0.125 e. The highest BCUT2D eigenvalue weighted by Crippen LogP contribution is 2.07. The number of aromatic amines is 1. The van der Waals surface area contributed by atoms with E-state index in [4.69, 9.17) is 5.11 Å². The topological polar surface area (TPSA) is 77.9 Å². The van der Waals surface area contributed by atoms with Gasteiger partial charge in [-0.1, -0.05) is 0 Å². The van der Waals surface area contributed by atoms with Gasteiger partial charge in [-0.3, -0.25) is 4.90 Å². The quantitative estimate of drug-likeness (QED) is 0.804. The molecule has 2 aromatic heterocycles. The van der Waals surface area contributed by atoms with E-state index in [1.54, 1.807) is 0 Å². The van der Waals surface area contributed by atoms with Gasteiger partial charge in [0, 0.05) is 49.5 Å². The molecule has 6 nitrogen and oxygen atoms in total. The van der Waals surface area contributed by atoms with E-state index in [-0.39, 0.29) is 6.61 Å². The van der Waals surface area contributed by atoms with Gasteiger partial charge in [0.15, 0.2) is 0 Å². The first-order chi connectivity index (χ1) is 9.17. The summed E-state index contributed by atoms with van der Waals surface area (Å²) in [6.07, 6.45) is 5.47. The van der Waals surface area contributed by atoms with Crippen LogP contribution in [0.4, 0.5) is 0 Å². The molecule has 6 heteroatoms. The van der Waals surface area contributed by atoms with Crippen LogP contribution in [0.25, 0.3) is 0 Å². The number of aryl methyl sites for hydroxylation is 2. The number of aliphatic hydroxyl groups excluding tert-OH is 1. The molecule has 0 aromatic carbocycles. The third-order valence-corrected chi connectivity index (χ3v) is 2.81. The molecule has 0 saturated heterocycles. The number of hydrogen-bond donors (Lipinski definition) is 2. The number of imidazole rings is 1. The van der Waals surface area contributed by atoms with Gasteiger partial charge in [-0.05, 0) is 13.8 Å². The number of aromatic nitrogens is 4. The van der Waals surface area contributed by atoms with Crippen LogP contribution in [0.1, 0.15) is 22.9 Å². The van der Waals surface area contributed by atoms with Gasteiger partial charge in [0.1, 0.15) is 11.6 Å². The van der Waals surface area contributed by atoms with Gasteiger partial charge < -0.3 is 10.1 Å². The molecule has 102 valence electrons. The SMILES string of the molecule is Cc1ncc(CN(CCO)Cc2cnc(C)[nH]2)cn1. The van der Waals surface area contributed by atoms with Gasteiger partial charge in [-0.15, -0.1) is 0 Å². The fraction of sp³-hybridized carbons (Fsp3) is 0.462. The van der Waals surface area contributed by atoms with Crippen molar-refractivity contribution in [1.82, 2.24) is 24.8 Å². The normalized spacial score (nSPS) is 11.2. The molecule has 0 amide bonds. The summed E-state index contributed by atoms with van der Waals surface area (Å²) < 4.78 is 0. The highest BCUT2D eigenvalue weighted by Gasteiger charge is 2.08. The molecule has 0 unspecified atom stereocenters. The standard InChI is InChI=1S/C13H19N5O/c1-10-14-5-12(6-15-10)8-18(3-4-19)9-13-7-16-11(2)17-13/h5-7,19H,3-4,8-9H2,1-2H3,(H,16,17). The average molecular weight is 261 g/mol. The van der Waals surface area contributed by atoms with Crippen molar-refractivity contribution in [3.05, 3.63) is 41.5 Å². The Morgan fingerprint density at radius 1 is 1.11 bits per heavy atom. The van der Waals surface area contributed by atoms with E-state index in [2.05, 4.69) is 24.8 Å². The number of nitrogens with one attached hydrogen (secondary N) is 1. The lowest BCUT2D eigenvalue weighted by atomic mass is 10.3. The zero-order chi connectivity index (χ0) is 13.7. The zero-order valence-electron chi connectivity index (χ0n) is 11.3. The molecule has 2 heterocycles. The van der Waals surface area contributed by atoms with Crippen molar-refractivity contribution in [3.8, 4) is 0 Å². The summed E-state index contributed by atoms with van der Waals surface area (Å²) in [6.45, 7) is 5.94. The second-order valence-corrected chi connectivity index (χ2v) is 4.57. The third-order valence-electron chi connectivity index (χ3n) is 2.81. The molecular formula is C13H19N5O. The van der Waals surface area contributed by atoms with E-state index in [9.17, 15) is 0 Å². The molecule has 2 rings (SSSR count). The van der Waals surface area contributed by atoms with E-state index >= 15 is 0 Å². The number of hydrogen-bond acceptors (Lipinski definition) is 5. The predicted molar refractivity (Wildman–Crippen MR) is 71.3 cm³/mol. The maximum atomic E-state index is 9.14. The fourth-order valence-corrected chi connectivity index (χ4v) is 1.91. The van der Waals surface area contributed by atoms with Gasteiger partial charge in [-0.25, -0.2) is 15.0 Å². The zero-order valence-corrected chi connectivity index (χ0v) is 11.3. The lowest BCUT2D eigenvalue weighted by molar-refractivity contribution is 0.182. The molecule has 0 bridgehead atoms. The average Bonchev–Trinajstić information content (AvgIpc) is 2.78. The Morgan fingerprint density at radius 2 is 1.84 bits per heavy atom. The van der Waals surface area contributed by atoms with Crippen molar-refractivity contribution < 1.29 is 5.11 Å². The Morgan fingerprint density at radius 3 is 2.42 bits per heavy atom. The molecule has 0 aliphatic heterocycles. The summed E-state index contributed by atoms with van der Waals surface area (Å²) in [6, 6.07) is 0. The first-order valence-electron chi connectivity index (χ1n) is 6.28. The van der Waals surface area contributed by atoms with Crippen molar-refractivity contribution >= 4 is 0 Å². The summed E-state index contributed by atoms with van der Waals surface area (Å²) in [5.74, 6) is 1.67. The lowest BCUT2D eigenvalue weighted by Crippen LogP contribution is -2.26. The molecule has 0 spiro atoms. The van der Waals surface area contributed by atoms with E-state index < -0.39 is 0 Å². The van der Waals surface area contributed by atoms with E-state index in [0.717, 1.165) is 29.5 Å². The Labute approximate surface area is 112 Å². The minimum Gasteiger partial charge on any atom is -0.395 e. The molecule has 0 atom stereocenters. The van der Waals surface area contributed by atoms with Crippen molar-refractivity contribution in [2.24, 2.45) is 0 Å². The lowest BCUT2D eigenvalue weighted by Gasteiger charge is -2.20. The van der Waals surface area contributed by atoms with Crippen LogP contribution in [0, 0.1) is 13.8 Å². The van der Waals surface area contributed by atoms with Crippen molar-refractivity contribution in [2.75, 3.05) is 13.2 Å². The van der Waals surface area contributed by atoms with Crippen LogP contribution in [0.15, 0.2) is 18.6 Å². The fourth-order valence-electron chi connectivity index (χ4n) is 1.91. The summed E-state index contributed by atoms with van der Waals surface area (Å²) in [5, 5.41) is 9.14. The minimum atomic E-state index is 0.125. The van der Waals surface area contributed by atoms with Crippen LogP contribution >= 0.6 is 0 Å². The minimum absolute atomic E-state index is 0.125. The number of aliphatic hydroxyl groups is 1. The summed E-state index contributed by atoms with van der Waals surface area (Å²) in [7, 11) is 0. The number of rotatable bonds is 6. The number of nitrogens with zero attached hydrogens (tertiary/aromatic N) is 4. The molecule has 0 aliphatic rings. The second-order valence-electron chi connectivity index (χ2n) is 4.57. The maximum absolute atomic E-state index is 9.14. The van der Waals surface area contributed by atoms with Crippen LogP contribution in [0.2, 0.25) is 0 Å². The Kier molecular flexibility index (Phi) is 4.59. The monoisotopic (exact) mass is 261 g/mol. The Bertz CT molecular complexity index is 508. The molecule has 2 aromatic rings. The van der Waals surface area contributed by atoms with Crippen molar-refractivity contribution in [2.45, 2.75) is 26.9 Å². The Balaban J connectivity index is 2.01. The molecular weight excluding hydrogens is 242 g/mol. The first kappa shape index (κ1) is 13.6. The van der Waals surface area contributed by atoms with Gasteiger partial charge in [0.05, 0.1) is 6.61 Å². The van der Waals surface area contributed by atoms with Gasteiger partial charge in [-0.2, -0.15) is 0 Å². The van der Waals surface area contributed by atoms with Crippen LogP contribution < -0.4 is 0 Å². The third kappa shape index (κ3) is 4.11. The van der Waals surface area contributed by atoms with Gasteiger partial charge >= 0.3 is 0 Å². The van der Waals surface area contributed by atoms with Crippen molar-refractivity contribution in [3.63, 3.8) is 0 Å². The van der Waals surface area contributed by atoms with Crippen molar-refractivity contribution in [1.29, 1.82) is 0 Å². The van der Waals surface area contributed by atoms with E-state index in [1.165, 1.54) is 0 Å². The molecule has 2 N–H and O–H groups in total. The smallest absolute Gasteiger partial charge is 0.125 e. The molecule has 19 heavy (non-hydrogen) atoms. The van der Waals surface area contributed by atoms with Crippen LogP contribution in [-0.4, -0.2) is 43.1 Å². The van der Waals surface area contributed by atoms with Crippen LogP contribution in [-0.2, 0) is 13.1 Å². The molecule has 0 aliphatic carbocycles. The summed E-state index contributed by atoms with van der Waals surface area (Å²) in [4.78, 5) is 17.9. The first-order valence-corrected chi connectivity index (χ1v) is 6.28. The summed E-state index contributed by atoms with van der Waals surface area (Å²) in [5.41, 5.74) is 2.08. The molecule has 0 fully saturated rings. The van der Waals surface area contributed by atoms with Crippen LogP contribution in [0.3, 0.4) is 0 Å². The Hall–Kier alpha value is -1.79. The van der Waals surface area contributed by atoms with Gasteiger partial charge in [0.2, 0.25) is 0 Å². The number of H-pyrrole nitrogens is 1. The van der Waals surface area contributed by atoms with Gasteiger partial charge in [0.25, 0.3) is 0 Å².